The van der Waals surface area contributed by atoms with Gasteiger partial charge in [-0.1, -0.05) is 19.3 Å². The molecule has 0 atom stereocenters. The summed E-state index contributed by atoms with van der Waals surface area (Å²) < 4.78 is 13.5. The molecule has 112 valence electrons. The van der Waals surface area contributed by atoms with Crippen molar-refractivity contribution in [3.63, 3.8) is 0 Å². The summed E-state index contributed by atoms with van der Waals surface area (Å²) in [6, 6.07) is 5.43. The average Bonchev–Trinajstić information content (AvgIpc) is 2.47. The summed E-state index contributed by atoms with van der Waals surface area (Å²) in [6.07, 6.45) is 6.12. The second-order valence-corrected chi connectivity index (χ2v) is 5.51. The molecular weight excluding hydrogens is 255 g/mol. The van der Waals surface area contributed by atoms with Gasteiger partial charge in [0.25, 0.3) is 0 Å². The Hall–Kier alpha value is -1.13. The monoisotopic (exact) mass is 280 g/mol. The minimum Gasteiger partial charge on any atom is -0.395 e. The van der Waals surface area contributed by atoms with E-state index in [1.54, 1.807) is 6.07 Å². The van der Waals surface area contributed by atoms with Crippen LogP contribution in [-0.4, -0.2) is 31.3 Å². The molecule has 0 spiro atoms. The Labute approximate surface area is 120 Å². The highest BCUT2D eigenvalue weighted by Crippen LogP contribution is 2.30. The molecule has 0 saturated heterocycles. The number of anilines is 1. The number of benzene rings is 1. The smallest absolute Gasteiger partial charge is 0.123 e. The number of hydrogen-bond donors (Lipinski definition) is 2. The molecule has 0 heterocycles. The minimum absolute atomic E-state index is 0.132. The fraction of sp³-hybridized carbons (Fsp3) is 0.625. The highest BCUT2D eigenvalue weighted by Gasteiger charge is 2.22. The van der Waals surface area contributed by atoms with Crippen molar-refractivity contribution < 1.29 is 9.50 Å². The second kappa shape index (κ2) is 7.60. The number of rotatable bonds is 6. The van der Waals surface area contributed by atoms with E-state index in [1.807, 2.05) is 13.1 Å². The molecule has 0 amide bonds. The molecule has 1 saturated carbocycles. The van der Waals surface area contributed by atoms with Crippen LogP contribution in [0.25, 0.3) is 0 Å². The Bertz CT molecular complexity index is 419. The molecule has 2 rings (SSSR count). The van der Waals surface area contributed by atoms with Crippen molar-refractivity contribution in [1.82, 2.24) is 5.32 Å². The summed E-state index contributed by atoms with van der Waals surface area (Å²) >= 11 is 0. The summed E-state index contributed by atoms with van der Waals surface area (Å²) in [5.41, 5.74) is 2.02. The van der Waals surface area contributed by atoms with Gasteiger partial charge in [-0.3, -0.25) is 0 Å². The Balaban J connectivity index is 2.27. The Morgan fingerprint density at radius 2 is 2.05 bits per heavy atom. The second-order valence-electron chi connectivity index (χ2n) is 5.51. The van der Waals surface area contributed by atoms with Crippen LogP contribution in [0.5, 0.6) is 0 Å². The van der Waals surface area contributed by atoms with Gasteiger partial charge in [0.15, 0.2) is 0 Å². The predicted molar refractivity (Wildman–Crippen MR) is 80.5 cm³/mol. The Morgan fingerprint density at radius 3 is 2.70 bits per heavy atom. The van der Waals surface area contributed by atoms with Crippen LogP contribution in [0.4, 0.5) is 10.1 Å². The van der Waals surface area contributed by atoms with E-state index in [-0.39, 0.29) is 12.4 Å². The van der Waals surface area contributed by atoms with Gasteiger partial charge in [0.2, 0.25) is 0 Å². The molecule has 1 aromatic carbocycles. The first-order chi connectivity index (χ1) is 9.76. The number of nitrogens with zero attached hydrogens (tertiary/aromatic N) is 1. The molecule has 2 N–H and O–H groups in total. The van der Waals surface area contributed by atoms with E-state index >= 15 is 0 Å². The van der Waals surface area contributed by atoms with E-state index in [1.165, 1.54) is 25.3 Å². The molecule has 20 heavy (non-hydrogen) atoms. The molecule has 0 bridgehead atoms. The SMILES string of the molecule is CNCc1cc(F)ccc1N(CCO)C1CCCCC1. The molecule has 0 aromatic heterocycles. The molecule has 0 aliphatic heterocycles. The minimum atomic E-state index is -0.202. The number of hydrogen-bond acceptors (Lipinski definition) is 3. The zero-order valence-corrected chi connectivity index (χ0v) is 12.2. The molecule has 0 unspecified atom stereocenters. The maximum atomic E-state index is 13.5. The summed E-state index contributed by atoms with van der Waals surface area (Å²) in [6.45, 7) is 1.39. The maximum absolute atomic E-state index is 13.5. The molecule has 4 heteroatoms. The van der Waals surface area contributed by atoms with Gasteiger partial charge < -0.3 is 15.3 Å². The van der Waals surface area contributed by atoms with Crippen LogP contribution in [0.2, 0.25) is 0 Å². The van der Waals surface area contributed by atoms with Crippen LogP contribution < -0.4 is 10.2 Å². The lowest BCUT2D eigenvalue weighted by molar-refractivity contribution is 0.290. The molecule has 1 fully saturated rings. The van der Waals surface area contributed by atoms with Crippen LogP contribution in [-0.2, 0) is 6.54 Å². The van der Waals surface area contributed by atoms with Crippen LogP contribution >= 0.6 is 0 Å². The Kier molecular flexibility index (Phi) is 5.80. The van der Waals surface area contributed by atoms with Gasteiger partial charge in [0, 0.05) is 24.8 Å². The zero-order valence-electron chi connectivity index (χ0n) is 12.2. The quantitative estimate of drug-likeness (QED) is 0.841. The van der Waals surface area contributed by atoms with Gasteiger partial charge in [0.05, 0.1) is 6.61 Å². The summed E-state index contributed by atoms with van der Waals surface area (Å²) in [4.78, 5) is 2.27. The van der Waals surface area contributed by atoms with E-state index in [4.69, 9.17) is 0 Å². The van der Waals surface area contributed by atoms with Crippen molar-refractivity contribution >= 4 is 5.69 Å². The van der Waals surface area contributed by atoms with Crippen LogP contribution in [0.15, 0.2) is 18.2 Å². The van der Waals surface area contributed by atoms with Crippen LogP contribution in [0.1, 0.15) is 37.7 Å². The third-order valence-corrected chi connectivity index (χ3v) is 4.07. The molecule has 1 aliphatic rings. The van der Waals surface area contributed by atoms with Gasteiger partial charge in [-0.25, -0.2) is 4.39 Å². The van der Waals surface area contributed by atoms with Gasteiger partial charge in [-0.15, -0.1) is 0 Å². The maximum Gasteiger partial charge on any atom is 0.123 e. The fourth-order valence-electron chi connectivity index (χ4n) is 3.17. The lowest BCUT2D eigenvalue weighted by Gasteiger charge is -2.37. The number of aliphatic hydroxyl groups excluding tert-OH is 1. The van der Waals surface area contributed by atoms with Gasteiger partial charge >= 0.3 is 0 Å². The lowest BCUT2D eigenvalue weighted by atomic mass is 9.93. The lowest BCUT2D eigenvalue weighted by Crippen LogP contribution is -2.39. The number of nitrogens with one attached hydrogen (secondary N) is 1. The van der Waals surface area contributed by atoms with E-state index in [0.717, 1.165) is 24.1 Å². The van der Waals surface area contributed by atoms with Crippen molar-refractivity contribution in [2.45, 2.75) is 44.7 Å². The standard InChI is InChI=1S/C16H25FN2O/c1-18-12-13-11-14(17)7-8-16(13)19(9-10-20)15-5-3-2-4-6-15/h7-8,11,15,18,20H,2-6,9-10,12H2,1H3. The third-order valence-electron chi connectivity index (χ3n) is 4.07. The first kappa shape index (κ1) is 15.3. The van der Waals surface area contributed by atoms with Gasteiger partial charge in [-0.2, -0.15) is 0 Å². The number of aliphatic hydroxyl groups is 1. The van der Waals surface area contributed by atoms with Crippen molar-refractivity contribution in [3.05, 3.63) is 29.6 Å². The molecule has 1 aromatic rings. The van der Waals surface area contributed by atoms with Crippen molar-refractivity contribution in [1.29, 1.82) is 0 Å². The van der Waals surface area contributed by atoms with E-state index < -0.39 is 0 Å². The first-order valence-electron chi connectivity index (χ1n) is 7.56. The molecule has 3 nitrogen and oxygen atoms in total. The molecule has 0 radical (unpaired) electrons. The highest BCUT2D eigenvalue weighted by molar-refractivity contribution is 5.55. The van der Waals surface area contributed by atoms with E-state index in [2.05, 4.69) is 10.2 Å². The first-order valence-corrected chi connectivity index (χ1v) is 7.56. The predicted octanol–water partition coefficient (Wildman–Crippen LogP) is 2.68. The zero-order chi connectivity index (χ0) is 14.4. The largest absolute Gasteiger partial charge is 0.395 e. The summed E-state index contributed by atoms with van der Waals surface area (Å²) in [5.74, 6) is -0.202. The third kappa shape index (κ3) is 3.70. The van der Waals surface area contributed by atoms with Crippen molar-refractivity contribution in [2.24, 2.45) is 0 Å². The molecule has 1 aliphatic carbocycles. The van der Waals surface area contributed by atoms with Crippen molar-refractivity contribution in [2.75, 3.05) is 25.1 Å². The molecular formula is C16H25FN2O. The Morgan fingerprint density at radius 1 is 1.30 bits per heavy atom. The summed E-state index contributed by atoms with van der Waals surface area (Å²) in [7, 11) is 1.87. The fourth-order valence-corrected chi connectivity index (χ4v) is 3.17. The van der Waals surface area contributed by atoms with Gasteiger partial charge in [-0.05, 0) is 43.7 Å². The number of halogens is 1. The normalized spacial score (nSPS) is 16.4. The van der Waals surface area contributed by atoms with Crippen molar-refractivity contribution in [3.8, 4) is 0 Å². The topological polar surface area (TPSA) is 35.5 Å². The van der Waals surface area contributed by atoms with Gasteiger partial charge in [0.1, 0.15) is 5.82 Å². The van der Waals surface area contributed by atoms with E-state index in [9.17, 15) is 9.50 Å². The van der Waals surface area contributed by atoms with E-state index in [0.29, 0.717) is 19.1 Å². The van der Waals surface area contributed by atoms with Crippen LogP contribution in [0.3, 0.4) is 0 Å². The van der Waals surface area contributed by atoms with Crippen LogP contribution in [0, 0.1) is 5.82 Å². The summed E-state index contributed by atoms with van der Waals surface area (Å²) in [5, 5.41) is 12.5. The average molecular weight is 280 g/mol. The highest BCUT2D eigenvalue weighted by atomic mass is 19.1.